The molecule has 7 heteroatoms. The number of ether oxygens (including phenoxy) is 3. The summed E-state index contributed by atoms with van der Waals surface area (Å²) in [5, 5.41) is 0. The van der Waals surface area contributed by atoms with Crippen molar-refractivity contribution in [1.82, 2.24) is 9.55 Å². The van der Waals surface area contributed by atoms with Crippen molar-refractivity contribution in [2.24, 2.45) is 0 Å². The molecule has 1 fully saturated rings. The molecule has 1 aliphatic rings. The number of hydrogen-bond acceptors (Lipinski definition) is 6. The average molecular weight is 426 g/mol. The smallest absolute Gasteiger partial charge is 0.187 e. The van der Waals surface area contributed by atoms with Gasteiger partial charge in [-0.3, -0.25) is 0 Å². The third kappa shape index (κ3) is 5.36. The Morgan fingerprint density at radius 2 is 2.00 bits per heavy atom. The van der Waals surface area contributed by atoms with Crippen LogP contribution in [0.4, 0.5) is 5.69 Å². The minimum absolute atomic E-state index is 0.0342. The molecule has 1 aliphatic heterocycles. The summed E-state index contributed by atoms with van der Waals surface area (Å²) < 4.78 is 20.0. The molecule has 1 saturated heterocycles. The zero-order valence-corrected chi connectivity index (χ0v) is 17.9. The van der Waals surface area contributed by atoms with Gasteiger partial charge >= 0.3 is 0 Å². The number of rotatable bonds is 9. The van der Waals surface area contributed by atoms with Gasteiger partial charge in [0.25, 0.3) is 0 Å². The van der Waals surface area contributed by atoms with Gasteiger partial charge < -0.3 is 24.5 Å². The Labute approximate surface area is 181 Å². The minimum atomic E-state index is -0.660. The number of hydrogen-bond donors (Lipinski definition) is 1. The van der Waals surface area contributed by atoms with Gasteiger partial charge in [-0.1, -0.05) is 12.1 Å². The fourth-order valence-corrected chi connectivity index (χ4v) is 4.40. The Kier molecular flexibility index (Phi) is 6.62. The number of nitrogens with two attached hydrogens (primary N) is 1. The van der Waals surface area contributed by atoms with Crippen molar-refractivity contribution in [3.63, 3.8) is 0 Å². The van der Waals surface area contributed by atoms with E-state index < -0.39 is 5.79 Å². The molecular weight excluding hydrogens is 398 g/mol. The van der Waals surface area contributed by atoms with Crippen LogP contribution in [0.25, 0.3) is 0 Å². The Morgan fingerprint density at radius 3 is 2.70 bits per heavy atom. The topological polar surface area (TPSA) is 71.5 Å². The van der Waals surface area contributed by atoms with Gasteiger partial charge in [0.05, 0.1) is 32.7 Å². The van der Waals surface area contributed by atoms with Crippen LogP contribution in [0.5, 0.6) is 5.75 Å². The second kappa shape index (κ2) is 9.55. The van der Waals surface area contributed by atoms with Gasteiger partial charge in [-0.2, -0.15) is 0 Å². The molecule has 0 radical (unpaired) electrons. The molecule has 1 aromatic heterocycles. The summed E-state index contributed by atoms with van der Waals surface area (Å²) in [6.45, 7) is 1.20. The highest BCUT2D eigenvalue weighted by atomic mass is 32.2. The summed E-state index contributed by atoms with van der Waals surface area (Å²) >= 11 is 1.76. The first kappa shape index (κ1) is 20.8. The lowest BCUT2D eigenvalue weighted by molar-refractivity contribution is -0.180. The highest BCUT2D eigenvalue weighted by Crippen LogP contribution is 2.33. The summed E-state index contributed by atoms with van der Waals surface area (Å²) in [6, 6.07) is 16.1. The third-order valence-electron chi connectivity index (χ3n) is 5.17. The van der Waals surface area contributed by atoms with Crippen LogP contribution in [-0.4, -0.2) is 40.9 Å². The van der Waals surface area contributed by atoms with Crippen LogP contribution in [0.2, 0.25) is 0 Å². The average Bonchev–Trinajstić information content (AvgIpc) is 3.43. The van der Waals surface area contributed by atoms with Crippen molar-refractivity contribution in [1.29, 1.82) is 0 Å². The van der Waals surface area contributed by atoms with Crippen LogP contribution in [0.15, 0.2) is 72.1 Å². The first-order valence-electron chi connectivity index (χ1n) is 10.0. The lowest BCUT2D eigenvalue weighted by Gasteiger charge is -2.28. The summed E-state index contributed by atoms with van der Waals surface area (Å²) in [5.41, 5.74) is 7.78. The van der Waals surface area contributed by atoms with Gasteiger partial charge in [0.1, 0.15) is 5.75 Å². The SMILES string of the molecule is COc1ccc(CC[C@]2(Cn3ccnc3)OC[C@@H](CSc3ccc(N)cc3)O2)cc1. The van der Waals surface area contributed by atoms with Crippen LogP contribution in [-0.2, 0) is 22.4 Å². The monoisotopic (exact) mass is 425 g/mol. The van der Waals surface area contributed by atoms with E-state index in [0.29, 0.717) is 13.2 Å². The van der Waals surface area contributed by atoms with Crippen molar-refractivity contribution < 1.29 is 14.2 Å². The number of nitrogen functional groups attached to an aromatic ring is 1. The number of aromatic nitrogens is 2. The molecule has 0 amide bonds. The van der Waals surface area contributed by atoms with Crippen molar-refractivity contribution in [2.45, 2.75) is 36.2 Å². The normalized spacial score (nSPS) is 21.0. The Bertz CT molecular complexity index is 916. The van der Waals surface area contributed by atoms with Crippen molar-refractivity contribution in [3.05, 3.63) is 72.8 Å². The van der Waals surface area contributed by atoms with Crippen LogP contribution in [0.3, 0.4) is 0 Å². The molecule has 2 heterocycles. The van der Waals surface area contributed by atoms with Crippen LogP contribution < -0.4 is 10.5 Å². The summed E-state index contributed by atoms with van der Waals surface area (Å²) in [6.07, 6.45) is 7.18. The lowest BCUT2D eigenvalue weighted by atomic mass is 10.0. The molecule has 0 saturated carbocycles. The van der Waals surface area contributed by atoms with Gasteiger partial charge in [-0.05, 0) is 48.4 Å². The number of thioether (sulfide) groups is 1. The van der Waals surface area contributed by atoms with Crippen molar-refractivity contribution >= 4 is 17.4 Å². The maximum absolute atomic E-state index is 6.49. The van der Waals surface area contributed by atoms with E-state index in [1.807, 2.05) is 47.2 Å². The first-order chi connectivity index (χ1) is 14.6. The van der Waals surface area contributed by atoms with Crippen LogP contribution in [0.1, 0.15) is 12.0 Å². The van der Waals surface area contributed by atoms with E-state index in [1.165, 1.54) is 10.5 Å². The van der Waals surface area contributed by atoms with E-state index in [-0.39, 0.29) is 6.10 Å². The van der Waals surface area contributed by atoms with E-state index in [9.17, 15) is 0 Å². The van der Waals surface area contributed by atoms with Crippen LogP contribution in [0, 0.1) is 0 Å². The second-order valence-corrected chi connectivity index (χ2v) is 8.52. The summed E-state index contributed by atoms with van der Waals surface area (Å²) in [4.78, 5) is 5.34. The highest BCUT2D eigenvalue weighted by molar-refractivity contribution is 7.99. The molecule has 2 N–H and O–H groups in total. The van der Waals surface area contributed by atoms with Crippen LogP contribution >= 0.6 is 11.8 Å². The zero-order chi connectivity index (χ0) is 20.8. The number of imidazole rings is 1. The molecule has 2 atom stereocenters. The number of aryl methyl sites for hydroxylation is 1. The molecule has 3 aromatic rings. The minimum Gasteiger partial charge on any atom is -0.497 e. The fraction of sp³-hybridized carbons (Fsp3) is 0.348. The molecule has 4 rings (SSSR count). The summed E-state index contributed by atoms with van der Waals surface area (Å²) in [5.74, 6) is 1.03. The van der Waals surface area contributed by atoms with Gasteiger partial charge in [0.2, 0.25) is 0 Å². The maximum atomic E-state index is 6.49. The number of methoxy groups -OCH3 is 1. The zero-order valence-electron chi connectivity index (χ0n) is 17.1. The predicted octanol–water partition coefficient (Wildman–Crippen LogP) is 4.01. The van der Waals surface area contributed by atoms with E-state index in [2.05, 4.69) is 17.1 Å². The standard InChI is InChI=1S/C23H27N3O3S/c1-27-20-6-2-18(3-7-20)10-11-23(16-26-13-12-25-17-26)28-14-21(29-23)15-30-22-8-4-19(24)5-9-22/h2-9,12-13,17,21H,10-11,14-16,24H2,1H3/t21-,23-/m0/s1. The molecule has 2 aromatic carbocycles. The first-order valence-corrected chi connectivity index (χ1v) is 11.0. The van der Waals surface area contributed by atoms with Gasteiger partial charge in [0, 0.05) is 35.2 Å². The maximum Gasteiger partial charge on any atom is 0.187 e. The van der Waals surface area contributed by atoms with Gasteiger partial charge in [-0.25, -0.2) is 4.98 Å². The number of benzene rings is 2. The molecule has 0 spiro atoms. The third-order valence-corrected chi connectivity index (χ3v) is 6.31. The Hall–Kier alpha value is -2.48. The van der Waals surface area contributed by atoms with Gasteiger partial charge in [0.15, 0.2) is 5.79 Å². The molecule has 0 bridgehead atoms. The molecule has 158 valence electrons. The summed E-state index contributed by atoms with van der Waals surface area (Å²) in [7, 11) is 1.68. The van der Waals surface area contributed by atoms with E-state index in [1.54, 1.807) is 31.4 Å². The molecule has 0 unspecified atom stereocenters. The molecular formula is C23H27N3O3S. The number of nitrogens with zero attached hydrogens (tertiary/aromatic N) is 2. The predicted molar refractivity (Wildman–Crippen MR) is 119 cm³/mol. The lowest BCUT2D eigenvalue weighted by Crippen LogP contribution is -2.37. The van der Waals surface area contributed by atoms with Gasteiger partial charge in [-0.15, -0.1) is 11.8 Å². The highest BCUT2D eigenvalue weighted by Gasteiger charge is 2.41. The second-order valence-electron chi connectivity index (χ2n) is 7.42. The quantitative estimate of drug-likeness (QED) is 0.413. The molecule has 0 aliphatic carbocycles. The van der Waals surface area contributed by atoms with Crippen molar-refractivity contribution in [3.8, 4) is 5.75 Å². The van der Waals surface area contributed by atoms with E-state index >= 15 is 0 Å². The van der Waals surface area contributed by atoms with E-state index in [4.69, 9.17) is 19.9 Å². The van der Waals surface area contributed by atoms with E-state index in [0.717, 1.165) is 30.0 Å². The molecule has 30 heavy (non-hydrogen) atoms. The largest absolute Gasteiger partial charge is 0.497 e. The Morgan fingerprint density at radius 1 is 1.20 bits per heavy atom. The molecule has 6 nitrogen and oxygen atoms in total. The fourth-order valence-electron chi connectivity index (χ4n) is 3.53. The Balaban J connectivity index is 1.39. The number of anilines is 1. The van der Waals surface area contributed by atoms with Crippen molar-refractivity contribution in [2.75, 3.05) is 25.2 Å².